The van der Waals surface area contributed by atoms with Crippen LogP contribution in [0, 0.1) is 11.6 Å². The molecule has 0 atom stereocenters. The van der Waals surface area contributed by atoms with Crippen LogP contribution in [0.15, 0.2) is 45.8 Å². The van der Waals surface area contributed by atoms with E-state index in [4.69, 9.17) is 15.4 Å². The van der Waals surface area contributed by atoms with E-state index >= 15 is 0 Å². The summed E-state index contributed by atoms with van der Waals surface area (Å²) in [5.41, 5.74) is 0.470. The molecular weight excluding hydrogens is 390 g/mol. The maximum atomic E-state index is 13.2. The quantitative estimate of drug-likeness (QED) is 0.725. The van der Waals surface area contributed by atoms with Crippen LogP contribution in [0.4, 0.5) is 8.78 Å². The highest BCUT2D eigenvalue weighted by atomic mass is 79.9. The summed E-state index contributed by atoms with van der Waals surface area (Å²) in [6.45, 7) is -0.108. The summed E-state index contributed by atoms with van der Waals surface area (Å²) in [5.74, 6) is -1.32. The highest BCUT2D eigenvalue weighted by molar-refractivity contribution is 9.10. The molecule has 0 fully saturated rings. The van der Waals surface area contributed by atoms with Crippen LogP contribution in [-0.2, 0) is 15.7 Å². The van der Waals surface area contributed by atoms with E-state index in [0.717, 1.165) is 18.2 Å². The van der Waals surface area contributed by atoms with Crippen molar-refractivity contribution in [3.05, 3.63) is 58.1 Å². The summed E-state index contributed by atoms with van der Waals surface area (Å²) < 4.78 is 55.0. The third-order valence-corrected chi connectivity index (χ3v) is 4.68. The molecular formula is C13H8BrClF2O3S. The third-order valence-electron chi connectivity index (χ3n) is 2.56. The molecule has 0 radical (unpaired) electrons. The van der Waals surface area contributed by atoms with E-state index in [1.165, 1.54) is 18.2 Å². The summed E-state index contributed by atoms with van der Waals surface area (Å²) in [7, 11) is 1.07. The van der Waals surface area contributed by atoms with Gasteiger partial charge >= 0.3 is 0 Å². The molecule has 3 nitrogen and oxygen atoms in total. The molecule has 0 saturated heterocycles. The van der Waals surface area contributed by atoms with Gasteiger partial charge < -0.3 is 4.74 Å². The Bertz CT molecular complexity index is 781. The summed E-state index contributed by atoms with van der Waals surface area (Å²) in [6, 6.07) is 6.96. The van der Waals surface area contributed by atoms with Crippen LogP contribution >= 0.6 is 26.6 Å². The number of benzene rings is 2. The normalized spacial score (nSPS) is 11.4. The van der Waals surface area contributed by atoms with Crippen molar-refractivity contribution in [1.29, 1.82) is 0 Å². The Hall–Kier alpha value is -1.18. The van der Waals surface area contributed by atoms with Crippen molar-refractivity contribution in [2.45, 2.75) is 11.5 Å². The Morgan fingerprint density at radius 3 is 2.38 bits per heavy atom. The maximum Gasteiger partial charge on any atom is 0.265 e. The van der Waals surface area contributed by atoms with Gasteiger partial charge in [0.05, 0.1) is 0 Å². The van der Waals surface area contributed by atoms with Gasteiger partial charge in [-0.1, -0.05) is 15.9 Å². The van der Waals surface area contributed by atoms with E-state index in [1.807, 2.05) is 0 Å². The van der Waals surface area contributed by atoms with Gasteiger partial charge in [0, 0.05) is 20.7 Å². The summed E-state index contributed by atoms with van der Waals surface area (Å²) in [6.07, 6.45) is 0. The van der Waals surface area contributed by atoms with E-state index in [-0.39, 0.29) is 12.4 Å². The van der Waals surface area contributed by atoms with Crippen molar-refractivity contribution in [2.75, 3.05) is 0 Å². The Labute approximate surface area is 133 Å². The van der Waals surface area contributed by atoms with Crippen molar-refractivity contribution in [2.24, 2.45) is 0 Å². The lowest BCUT2D eigenvalue weighted by atomic mass is 10.2. The lowest BCUT2D eigenvalue weighted by molar-refractivity contribution is 0.296. The van der Waals surface area contributed by atoms with Crippen molar-refractivity contribution >= 4 is 35.7 Å². The molecule has 2 aromatic carbocycles. The molecule has 21 heavy (non-hydrogen) atoms. The molecule has 0 aliphatic heterocycles. The second-order valence-electron chi connectivity index (χ2n) is 4.05. The van der Waals surface area contributed by atoms with Crippen LogP contribution in [-0.4, -0.2) is 8.42 Å². The highest BCUT2D eigenvalue weighted by Crippen LogP contribution is 2.29. The Balaban J connectivity index is 2.30. The van der Waals surface area contributed by atoms with Crippen molar-refractivity contribution in [1.82, 2.24) is 0 Å². The zero-order chi connectivity index (χ0) is 15.6. The minimum Gasteiger partial charge on any atom is -0.487 e. The molecule has 2 aromatic rings. The molecule has 0 spiro atoms. The fourth-order valence-electron chi connectivity index (χ4n) is 1.60. The standard InChI is InChI=1S/C13H8BrClF2O3S/c14-11-3-1-9(16)5-8(11)7-20-12-4-2-10(17)6-13(12)21(15,18)19/h1-6H,7H2. The molecule has 0 aromatic heterocycles. The van der Waals surface area contributed by atoms with Gasteiger partial charge in [-0.3, -0.25) is 0 Å². The van der Waals surface area contributed by atoms with Crippen LogP contribution in [0.2, 0.25) is 0 Å². The lowest BCUT2D eigenvalue weighted by Crippen LogP contribution is -2.02. The minimum atomic E-state index is -4.16. The van der Waals surface area contributed by atoms with Crippen LogP contribution < -0.4 is 4.74 Å². The number of ether oxygens (including phenoxy) is 1. The van der Waals surface area contributed by atoms with E-state index in [0.29, 0.717) is 10.0 Å². The van der Waals surface area contributed by atoms with Gasteiger partial charge in [0.15, 0.2) is 0 Å². The fraction of sp³-hybridized carbons (Fsp3) is 0.0769. The second kappa shape index (κ2) is 6.29. The van der Waals surface area contributed by atoms with E-state index in [9.17, 15) is 17.2 Å². The SMILES string of the molecule is O=S(=O)(Cl)c1cc(F)ccc1OCc1cc(F)ccc1Br. The smallest absolute Gasteiger partial charge is 0.265 e. The summed E-state index contributed by atoms with van der Waals surface area (Å²) in [5, 5.41) is 0. The molecule has 8 heteroatoms. The lowest BCUT2D eigenvalue weighted by Gasteiger charge is -2.11. The van der Waals surface area contributed by atoms with Gasteiger partial charge in [-0.15, -0.1) is 0 Å². The van der Waals surface area contributed by atoms with Crippen molar-refractivity contribution in [3.8, 4) is 5.75 Å². The summed E-state index contributed by atoms with van der Waals surface area (Å²) in [4.78, 5) is -0.475. The van der Waals surface area contributed by atoms with E-state index in [2.05, 4.69) is 15.9 Å². The number of hydrogen-bond donors (Lipinski definition) is 0. The van der Waals surface area contributed by atoms with E-state index < -0.39 is 25.6 Å². The molecule has 112 valence electrons. The highest BCUT2D eigenvalue weighted by Gasteiger charge is 2.18. The molecule has 0 aliphatic rings. The maximum absolute atomic E-state index is 13.2. The number of hydrogen-bond acceptors (Lipinski definition) is 3. The molecule has 0 aliphatic carbocycles. The first-order valence-electron chi connectivity index (χ1n) is 5.58. The molecule has 0 N–H and O–H groups in total. The Morgan fingerprint density at radius 1 is 1.10 bits per heavy atom. The molecule has 0 bridgehead atoms. The Morgan fingerprint density at radius 2 is 1.71 bits per heavy atom. The number of rotatable bonds is 4. The van der Waals surface area contributed by atoms with Crippen molar-refractivity contribution < 1.29 is 21.9 Å². The van der Waals surface area contributed by atoms with Crippen LogP contribution in [0.1, 0.15) is 5.56 Å². The van der Waals surface area contributed by atoms with Gasteiger partial charge in [-0.2, -0.15) is 0 Å². The third kappa shape index (κ3) is 4.15. The van der Waals surface area contributed by atoms with Crippen LogP contribution in [0.5, 0.6) is 5.75 Å². The zero-order valence-corrected chi connectivity index (χ0v) is 13.5. The van der Waals surface area contributed by atoms with Gasteiger partial charge in [-0.25, -0.2) is 17.2 Å². The van der Waals surface area contributed by atoms with Gasteiger partial charge in [0.2, 0.25) is 0 Å². The average Bonchev–Trinajstić information content (AvgIpc) is 2.40. The topological polar surface area (TPSA) is 43.4 Å². The zero-order valence-electron chi connectivity index (χ0n) is 10.3. The minimum absolute atomic E-state index is 0.108. The van der Waals surface area contributed by atoms with Crippen molar-refractivity contribution in [3.63, 3.8) is 0 Å². The fourth-order valence-corrected chi connectivity index (χ4v) is 2.94. The monoisotopic (exact) mass is 396 g/mol. The van der Waals surface area contributed by atoms with E-state index in [1.54, 1.807) is 0 Å². The molecule has 0 heterocycles. The van der Waals surface area contributed by atoms with Gasteiger partial charge in [0.25, 0.3) is 9.05 Å². The second-order valence-corrected chi connectivity index (χ2v) is 7.44. The number of halogens is 4. The van der Waals surface area contributed by atoms with Crippen LogP contribution in [0.3, 0.4) is 0 Å². The Kier molecular flexibility index (Phi) is 4.85. The van der Waals surface area contributed by atoms with Gasteiger partial charge in [0.1, 0.15) is 28.9 Å². The molecule has 2 rings (SSSR count). The molecule has 0 amide bonds. The first kappa shape index (κ1) is 16.2. The van der Waals surface area contributed by atoms with Gasteiger partial charge in [-0.05, 0) is 36.4 Å². The molecule has 0 unspecified atom stereocenters. The molecule has 0 saturated carbocycles. The largest absolute Gasteiger partial charge is 0.487 e. The first-order valence-corrected chi connectivity index (χ1v) is 8.68. The summed E-state index contributed by atoms with van der Waals surface area (Å²) >= 11 is 3.22. The first-order chi connectivity index (χ1) is 9.77. The van der Waals surface area contributed by atoms with Crippen LogP contribution in [0.25, 0.3) is 0 Å². The predicted molar refractivity (Wildman–Crippen MR) is 77.9 cm³/mol. The predicted octanol–water partition coefficient (Wildman–Crippen LogP) is 4.23. The average molecular weight is 398 g/mol.